The van der Waals surface area contributed by atoms with Crippen molar-refractivity contribution in [2.75, 3.05) is 11.9 Å². The minimum absolute atomic E-state index is 0.222. The number of hydrogen-bond donors (Lipinski definition) is 2. The third-order valence-corrected chi connectivity index (χ3v) is 3.24. The van der Waals surface area contributed by atoms with Gasteiger partial charge in [-0.15, -0.1) is 0 Å². The van der Waals surface area contributed by atoms with Crippen LogP contribution in [0.15, 0.2) is 72.8 Å². The molecule has 0 saturated carbocycles. The lowest BCUT2D eigenvalue weighted by molar-refractivity contribution is -0.115. The molecule has 25 heavy (non-hydrogen) atoms. The molecule has 0 aromatic heterocycles. The van der Waals surface area contributed by atoms with E-state index in [1.54, 1.807) is 12.1 Å². The molecule has 1 amide bonds. The van der Waals surface area contributed by atoms with Gasteiger partial charge in [0.15, 0.2) is 5.11 Å². The molecule has 0 radical (unpaired) electrons. The molecule has 0 aliphatic carbocycles. The molecule has 0 bridgehead atoms. The lowest BCUT2D eigenvalue weighted by Gasteiger charge is -2.10. The largest absolute Gasteiger partial charge is 0.489 e. The number of benzene rings is 2. The number of carbonyl (C=O) groups excluding carboxylic acids is 1. The van der Waals surface area contributed by atoms with Crippen LogP contribution in [-0.4, -0.2) is 17.6 Å². The molecule has 0 aliphatic heterocycles. The van der Waals surface area contributed by atoms with E-state index in [4.69, 9.17) is 17.0 Å². The maximum Gasteiger partial charge on any atom is 0.250 e. The van der Waals surface area contributed by atoms with Gasteiger partial charge in [0, 0.05) is 17.8 Å². The van der Waals surface area contributed by atoms with Crippen molar-refractivity contribution in [3.63, 3.8) is 0 Å². The highest BCUT2D eigenvalue weighted by molar-refractivity contribution is 7.80. The van der Waals surface area contributed by atoms with Crippen LogP contribution in [0.1, 0.15) is 12.5 Å². The zero-order valence-electron chi connectivity index (χ0n) is 14.0. The lowest BCUT2D eigenvalue weighted by atomic mass is 10.2. The van der Waals surface area contributed by atoms with Crippen molar-refractivity contribution >= 4 is 35.0 Å². The summed E-state index contributed by atoms with van der Waals surface area (Å²) in [7, 11) is 0. The first-order valence-electron chi connectivity index (χ1n) is 7.75. The second-order valence-electron chi connectivity index (χ2n) is 5.46. The van der Waals surface area contributed by atoms with Gasteiger partial charge in [0.2, 0.25) is 5.91 Å². The molecule has 0 spiro atoms. The summed E-state index contributed by atoms with van der Waals surface area (Å²) >= 11 is 5.16. The van der Waals surface area contributed by atoms with Crippen molar-refractivity contribution in [1.82, 2.24) is 5.32 Å². The Kier molecular flexibility index (Phi) is 6.92. The number of ether oxygens (including phenoxy) is 1. The topological polar surface area (TPSA) is 50.4 Å². The van der Waals surface area contributed by atoms with Gasteiger partial charge in [-0.3, -0.25) is 10.1 Å². The lowest BCUT2D eigenvalue weighted by Crippen LogP contribution is -2.32. The fraction of sp³-hybridized carbons (Fsp3) is 0.100. The molecule has 0 aliphatic rings. The monoisotopic (exact) mass is 352 g/mol. The van der Waals surface area contributed by atoms with E-state index >= 15 is 0 Å². The highest BCUT2D eigenvalue weighted by Gasteiger charge is 2.03. The second kappa shape index (κ2) is 9.39. The molecule has 2 aromatic carbocycles. The summed E-state index contributed by atoms with van der Waals surface area (Å²) in [6, 6.07) is 16.9. The van der Waals surface area contributed by atoms with Crippen LogP contribution in [0.25, 0.3) is 6.08 Å². The Morgan fingerprint density at radius 3 is 2.68 bits per heavy atom. The molecule has 2 aromatic rings. The van der Waals surface area contributed by atoms with Crippen LogP contribution in [0, 0.1) is 0 Å². The van der Waals surface area contributed by atoms with Gasteiger partial charge in [0.1, 0.15) is 12.4 Å². The fourth-order valence-corrected chi connectivity index (χ4v) is 2.14. The standard InChI is InChI=1S/C20H20N2O2S/c1-15(2)14-24-18-10-6-9-17(13-18)21-20(25)22-19(23)12-11-16-7-4-3-5-8-16/h3-13H,1,14H2,2H3,(H2,21,22,23,25)/b12-11+. The number of carbonyl (C=O) groups is 1. The molecule has 0 saturated heterocycles. The minimum Gasteiger partial charge on any atom is -0.489 e. The van der Waals surface area contributed by atoms with Crippen molar-refractivity contribution in [3.05, 3.63) is 78.4 Å². The number of hydrogen-bond acceptors (Lipinski definition) is 3. The van der Waals surface area contributed by atoms with Crippen molar-refractivity contribution in [2.24, 2.45) is 0 Å². The first-order chi connectivity index (χ1) is 12.0. The Morgan fingerprint density at radius 2 is 1.96 bits per heavy atom. The third-order valence-electron chi connectivity index (χ3n) is 3.04. The average molecular weight is 352 g/mol. The molecule has 128 valence electrons. The Hall–Kier alpha value is -2.92. The van der Waals surface area contributed by atoms with E-state index in [0.717, 1.165) is 16.8 Å². The van der Waals surface area contributed by atoms with Crippen LogP contribution in [0.5, 0.6) is 5.75 Å². The number of thiocarbonyl (C=S) groups is 1. The zero-order valence-corrected chi connectivity index (χ0v) is 14.8. The molecule has 0 heterocycles. The third kappa shape index (κ3) is 7.01. The molecule has 5 heteroatoms. The van der Waals surface area contributed by atoms with Gasteiger partial charge in [-0.1, -0.05) is 43.0 Å². The molecule has 0 atom stereocenters. The van der Waals surface area contributed by atoms with Gasteiger partial charge < -0.3 is 10.1 Å². The quantitative estimate of drug-likeness (QED) is 0.465. The Balaban J connectivity index is 1.87. The molecule has 2 rings (SSSR count). The highest BCUT2D eigenvalue weighted by Crippen LogP contribution is 2.17. The first kappa shape index (κ1) is 18.4. The second-order valence-corrected chi connectivity index (χ2v) is 5.87. The highest BCUT2D eigenvalue weighted by atomic mass is 32.1. The SMILES string of the molecule is C=C(C)COc1cccc(NC(=S)NC(=O)/C=C/c2ccccc2)c1. The minimum atomic E-state index is -0.295. The van der Waals surface area contributed by atoms with Gasteiger partial charge in [-0.2, -0.15) is 0 Å². The van der Waals surface area contributed by atoms with Crippen molar-refractivity contribution in [1.29, 1.82) is 0 Å². The van der Waals surface area contributed by atoms with Gasteiger partial charge in [0.25, 0.3) is 0 Å². The van der Waals surface area contributed by atoms with Crippen molar-refractivity contribution < 1.29 is 9.53 Å². The smallest absolute Gasteiger partial charge is 0.250 e. The Morgan fingerprint density at radius 1 is 1.20 bits per heavy atom. The summed E-state index contributed by atoms with van der Waals surface area (Å²) in [5, 5.41) is 5.79. The van der Waals surface area contributed by atoms with Gasteiger partial charge in [-0.25, -0.2) is 0 Å². The van der Waals surface area contributed by atoms with Gasteiger partial charge >= 0.3 is 0 Å². The fourth-order valence-electron chi connectivity index (χ4n) is 1.92. The predicted molar refractivity (Wildman–Crippen MR) is 107 cm³/mol. The zero-order chi connectivity index (χ0) is 18.1. The molecule has 0 unspecified atom stereocenters. The van der Waals surface area contributed by atoms with E-state index < -0.39 is 0 Å². The summed E-state index contributed by atoms with van der Waals surface area (Å²) < 4.78 is 5.58. The number of rotatable bonds is 6. The normalized spacial score (nSPS) is 10.3. The summed E-state index contributed by atoms with van der Waals surface area (Å²) in [4.78, 5) is 11.9. The molecule has 4 nitrogen and oxygen atoms in total. The van der Waals surface area contributed by atoms with E-state index in [-0.39, 0.29) is 11.0 Å². The average Bonchev–Trinajstić information content (AvgIpc) is 2.59. The first-order valence-corrected chi connectivity index (χ1v) is 8.16. The number of anilines is 1. The molecular weight excluding hydrogens is 332 g/mol. The van der Waals surface area contributed by atoms with Crippen LogP contribution in [0.4, 0.5) is 5.69 Å². The maximum atomic E-state index is 11.9. The van der Waals surface area contributed by atoms with E-state index in [0.29, 0.717) is 12.4 Å². The van der Waals surface area contributed by atoms with Crippen LogP contribution in [-0.2, 0) is 4.79 Å². The summed E-state index contributed by atoms with van der Waals surface area (Å²) in [6.07, 6.45) is 3.17. The molecule has 2 N–H and O–H groups in total. The summed E-state index contributed by atoms with van der Waals surface area (Å²) in [6.45, 7) is 6.15. The number of nitrogens with one attached hydrogen (secondary N) is 2. The van der Waals surface area contributed by atoms with Gasteiger partial charge in [0.05, 0.1) is 0 Å². The van der Waals surface area contributed by atoms with Crippen LogP contribution in [0.3, 0.4) is 0 Å². The number of amides is 1. The summed E-state index contributed by atoms with van der Waals surface area (Å²) in [5.41, 5.74) is 2.61. The van der Waals surface area contributed by atoms with Crippen molar-refractivity contribution in [3.8, 4) is 5.75 Å². The van der Waals surface area contributed by atoms with Crippen LogP contribution >= 0.6 is 12.2 Å². The van der Waals surface area contributed by atoms with E-state index in [1.807, 2.05) is 55.5 Å². The molecule has 0 fully saturated rings. The van der Waals surface area contributed by atoms with Gasteiger partial charge in [-0.05, 0) is 48.5 Å². The van der Waals surface area contributed by atoms with E-state index in [2.05, 4.69) is 17.2 Å². The van der Waals surface area contributed by atoms with E-state index in [9.17, 15) is 4.79 Å². The Labute approximate surface area is 153 Å². The van der Waals surface area contributed by atoms with Crippen LogP contribution < -0.4 is 15.4 Å². The van der Waals surface area contributed by atoms with E-state index in [1.165, 1.54) is 6.08 Å². The predicted octanol–water partition coefficient (Wildman–Crippen LogP) is 4.17. The van der Waals surface area contributed by atoms with Crippen molar-refractivity contribution in [2.45, 2.75) is 6.92 Å². The maximum absolute atomic E-state index is 11.9. The Bertz CT molecular complexity index is 785. The van der Waals surface area contributed by atoms with Crippen LogP contribution in [0.2, 0.25) is 0 Å². The molecular formula is C20H20N2O2S. The summed E-state index contributed by atoms with van der Waals surface area (Å²) in [5.74, 6) is 0.405.